The van der Waals surface area contributed by atoms with Crippen LogP contribution in [0.15, 0.2) is 41.7 Å². The highest BCUT2D eigenvalue weighted by Gasteiger charge is 2.56. The van der Waals surface area contributed by atoms with Gasteiger partial charge in [-0.05, 0) is 37.4 Å². The van der Waals surface area contributed by atoms with Crippen LogP contribution in [0.5, 0.6) is 5.75 Å². The number of unbranched alkanes of at least 4 members (excludes halogenated alkanes) is 15. The van der Waals surface area contributed by atoms with E-state index in [9.17, 15) is 24.9 Å². The van der Waals surface area contributed by atoms with Crippen molar-refractivity contribution in [2.24, 2.45) is 4.99 Å². The Hall–Kier alpha value is -3.49. The van der Waals surface area contributed by atoms with Gasteiger partial charge in [-0.1, -0.05) is 109 Å². The monoisotopic (exact) mass is 844 g/mol. The Labute approximate surface area is 348 Å². The maximum absolute atomic E-state index is 13.2. The van der Waals surface area contributed by atoms with Crippen LogP contribution in [-0.4, -0.2) is 94.0 Å². The smallest absolute Gasteiger partial charge is 0.472 e. The molecule has 5 N–H and O–H groups in total. The molecule has 17 heteroatoms. The third-order valence-corrected chi connectivity index (χ3v) is 11.6. The maximum Gasteiger partial charge on any atom is 0.472 e. The fourth-order valence-corrected chi connectivity index (χ4v) is 7.93. The lowest BCUT2D eigenvalue weighted by Gasteiger charge is -2.28. The number of hydrogen-bond acceptors (Lipinski definition) is 14. The van der Waals surface area contributed by atoms with Crippen LogP contribution in [0.1, 0.15) is 133 Å². The van der Waals surface area contributed by atoms with E-state index in [2.05, 4.69) is 34.8 Å². The van der Waals surface area contributed by atoms with E-state index < -0.39 is 51.2 Å². The van der Waals surface area contributed by atoms with Gasteiger partial charge in [-0.15, -0.1) is 0 Å². The zero-order chi connectivity index (χ0) is 42.5. The molecule has 4 rings (SSSR count). The van der Waals surface area contributed by atoms with Gasteiger partial charge in [-0.3, -0.25) is 14.0 Å². The molecule has 1 aliphatic heterocycles. The number of nitriles is 1. The van der Waals surface area contributed by atoms with Crippen LogP contribution >= 0.6 is 7.82 Å². The molecule has 0 spiro atoms. The van der Waals surface area contributed by atoms with Crippen molar-refractivity contribution in [2.45, 2.75) is 146 Å². The molecule has 3 aromatic rings. The molecule has 0 radical (unpaired) electrons. The van der Waals surface area contributed by atoms with Crippen molar-refractivity contribution in [3.8, 4) is 11.8 Å². The molecular formula is C42H65N6O10P. The number of hydrogen-bond donors (Lipinski definition) is 4. The van der Waals surface area contributed by atoms with Crippen molar-refractivity contribution in [3.63, 3.8) is 0 Å². The molecule has 1 aliphatic rings. The summed E-state index contributed by atoms with van der Waals surface area (Å²) in [6.07, 6.45) is 16.3. The maximum atomic E-state index is 13.2. The largest absolute Gasteiger partial charge is 0.496 e. The molecule has 1 aromatic carbocycles. The van der Waals surface area contributed by atoms with Gasteiger partial charge in [0.25, 0.3) is 0 Å². The summed E-state index contributed by atoms with van der Waals surface area (Å²) < 4.78 is 48.6. The number of aliphatic hydroxyl groups is 2. The number of rotatable bonds is 31. The van der Waals surface area contributed by atoms with Gasteiger partial charge in [0.2, 0.25) is 5.72 Å². The topological polar surface area (TPSA) is 225 Å². The zero-order valence-corrected chi connectivity index (χ0v) is 35.7. The average Bonchev–Trinajstić information content (AvgIpc) is 3.78. The van der Waals surface area contributed by atoms with E-state index in [1.165, 1.54) is 101 Å². The van der Waals surface area contributed by atoms with E-state index in [0.717, 1.165) is 19.3 Å². The molecule has 0 amide bonds. The Bertz CT molecular complexity index is 1790. The molecule has 6 atom stereocenters. The number of nitrogen functional groups attached to an aromatic ring is 1. The van der Waals surface area contributed by atoms with Crippen LogP contribution in [0.3, 0.4) is 0 Å². The van der Waals surface area contributed by atoms with Crippen LogP contribution in [0, 0.1) is 11.3 Å². The minimum absolute atomic E-state index is 0.0374. The molecule has 2 aromatic heterocycles. The number of ether oxygens (including phenoxy) is 4. The van der Waals surface area contributed by atoms with Gasteiger partial charge in [0.1, 0.15) is 48.6 Å². The molecule has 59 heavy (non-hydrogen) atoms. The third kappa shape index (κ3) is 14.9. The number of anilines is 1. The molecule has 3 heterocycles. The molecule has 328 valence electrons. The summed E-state index contributed by atoms with van der Waals surface area (Å²) in [6, 6.07) is 10.2. The number of aliphatic imine (C=N–C) groups is 1. The van der Waals surface area contributed by atoms with E-state index in [0.29, 0.717) is 34.7 Å². The Morgan fingerprint density at radius 3 is 2.24 bits per heavy atom. The van der Waals surface area contributed by atoms with Crippen molar-refractivity contribution < 1.29 is 47.7 Å². The standard InChI is InChI=1S/C42H65N6O10P/c1-4-5-6-7-8-9-10-11-12-13-14-15-16-17-18-19-24-54-28-34(55-27-33-21-20-32(26-43)25-37(33)53-3)29-56-59(51,52)57-30-42(45-2)40(50)38(49)39(58-42)35-22-23-36-41(44)46-31-47-48(35)36/h20-23,25,31,34,38-40,49-50H,2,4-19,24,27-30H2,1,3H3,(H,51,52)(H2,44,46,47)/t34-,38+,39+,40+,42-/m1/s1. The van der Waals surface area contributed by atoms with Gasteiger partial charge in [-0.2, -0.15) is 10.4 Å². The lowest BCUT2D eigenvalue weighted by molar-refractivity contribution is -0.107. The van der Waals surface area contributed by atoms with Crippen LogP contribution in [0.25, 0.3) is 5.52 Å². The predicted molar refractivity (Wildman–Crippen MR) is 224 cm³/mol. The van der Waals surface area contributed by atoms with Crippen LogP contribution < -0.4 is 10.5 Å². The van der Waals surface area contributed by atoms with Crippen molar-refractivity contribution in [3.05, 3.63) is 53.5 Å². The lowest BCUT2D eigenvalue weighted by Crippen LogP contribution is -2.45. The number of fused-ring (bicyclic) bond motifs is 1. The van der Waals surface area contributed by atoms with Crippen molar-refractivity contribution >= 4 is 25.9 Å². The van der Waals surface area contributed by atoms with Gasteiger partial charge in [-0.25, -0.2) is 14.1 Å². The van der Waals surface area contributed by atoms with E-state index >= 15 is 0 Å². The third-order valence-electron chi connectivity index (χ3n) is 10.7. The summed E-state index contributed by atoms with van der Waals surface area (Å²) in [4.78, 5) is 18.5. The SMILES string of the molecule is C=N[C@]1(COP(=O)(O)OC[C@@H](COCCCCCCCCCCCCCCCCCC)OCc2ccc(C#N)cc2OC)O[C@@H](c2ccc3c(N)ncnn23)[C@H](O)[C@@H]1O. The van der Waals surface area contributed by atoms with E-state index in [-0.39, 0.29) is 19.0 Å². The fourth-order valence-electron chi connectivity index (χ4n) is 7.15. The summed E-state index contributed by atoms with van der Waals surface area (Å²) in [5, 5.41) is 35.4. The number of aliphatic hydroxyl groups excluding tert-OH is 2. The molecule has 1 saturated heterocycles. The second-order valence-electron chi connectivity index (χ2n) is 15.2. The first-order valence-electron chi connectivity index (χ1n) is 21.1. The van der Waals surface area contributed by atoms with Crippen LogP contribution in [0.4, 0.5) is 5.82 Å². The second-order valence-corrected chi connectivity index (χ2v) is 16.6. The number of phosphoric acid groups is 1. The number of nitrogens with zero attached hydrogens (tertiary/aromatic N) is 5. The number of phosphoric ester groups is 1. The quantitative estimate of drug-likeness (QED) is 0.0282. The first-order valence-corrected chi connectivity index (χ1v) is 22.6. The Morgan fingerprint density at radius 2 is 1.63 bits per heavy atom. The number of aromatic nitrogens is 3. The molecule has 16 nitrogen and oxygen atoms in total. The first-order chi connectivity index (χ1) is 28.6. The van der Waals surface area contributed by atoms with Gasteiger partial charge >= 0.3 is 7.82 Å². The molecule has 0 saturated carbocycles. The lowest BCUT2D eigenvalue weighted by atomic mass is 10.0. The van der Waals surface area contributed by atoms with Crippen molar-refractivity contribution in [1.82, 2.24) is 14.6 Å². The highest BCUT2D eigenvalue weighted by atomic mass is 31.2. The summed E-state index contributed by atoms with van der Waals surface area (Å²) in [5.74, 6) is 0.647. The highest BCUT2D eigenvalue weighted by molar-refractivity contribution is 7.47. The first kappa shape index (κ1) is 48.2. The molecule has 0 aliphatic carbocycles. The van der Waals surface area contributed by atoms with Crippen molar-refractivity contribution in [1.29, 1.82) is 5.26 Å². The Morgan fingerprint density at radius 1 is 0.983 bits per heavy atom. The summed E-state index contributed by atoms with van der Waals surface area (Å²) >= 11 is 0. The number of methoxy groups -OCH3 is 1. The zero-order valence-electron chi connectivity index (χ0n) is 34.8. The molecule has 1 fully saturated rings. The minimum atomic E-state index is -4.83. The number of benzene rings is 1. The summed E-state index contributed by atoms with van der Waals surface area (Å²) in [7, 11) is -3.34. The van der Waals surface area contributed by atoms with Crippen LogP contribution in [-0.2, 0) is 34.4 Å². The minimum Gasteiger partial charge on any atom is -0.496 e. The Kier molecular flexibility index (Phi) is 20.7. The highest BCUT2D eigenvalue weighted by Crippen LogP contribution is 2.48. The van der Waals surface area contributed by atoms with E-state index in [4.69, 9.17) is 33.7 Å². The van der Waals surface area contributed by atoms with Gasteiger partial charge in [0.05, 0.1) is 44.3 Å². The van der Waals surface area contributed by atoms with Gasteiger partial charge in [0, 0.05) is 12.2 Å². The van der Waals surface area contributed by atoms with Crippen LogP contribution in [0.2, 0.25) is 0 Å². The van der Waals surface area contributed by atoms with E-state index in [1.807, 2.05) is 0 Å². The molecule has 1 unspecified atom stereocenters. The fraction of sp³-hybridized carbons (Fsp3) is 0.667. The van der Waals surface area contributed by atoms with Crippen molar-refractivity contribution in [2.75, 3.05) is 39.3 Å². The molecular weight excluding hydrogens is 779 g/mol. The predicted octanol–water partition coefficient (Wildman–Crippen LogP) is 7.38. The normalized spacial score (nSPS) is 20.7. The average molecular weight is 845 g/mol. The van der Waals surface area contributed by atoms with Gasteiger partial charge in [0.15, 0.2) is 5.82 Å². The summed E-state index contributed by atoms with van der Waals surface area (Å²) in [6.45, 7) is 5.13. The second kappa shape index (κ2) is 25.3. The number of nitrogens with two attached hydrogens (primary N) is 1. The summed E-state index contributed by atoms with van der Waals surface area (Å²) in [5.41, 5.74) is 5.76. The van der Waals surface area contributed by atoms with Gasteiger partial charge < -0.3 is 39.8 Å². The van der Waals surface area contributed by atoms with E-state index in [1.54, 1.807) is 30.3 Å². The Balaban J connectivity index is 1.22. The molecule has 0 bridgehead atoms.